The highest BCUT2D eigenvalue weighted by Gasteiger charge is 2.25. The maximum atomic E-state index is 12.0. The molecule has 0 atom stereocenters. The lowest BCUT2D eigenvalue weighted by Crippen LogP contribution is -2.28. The van der Waals surface area contributed by atoms with Crippen molar-refractivity contribution in [1.29, 1.82) is 0 Å². The minimum atomic E-state index is -3.94. The number of nitrogens with one attached hydrogen (secondary N) is 1. The number of ether oxygens (including phenoxy) is 1. The van der Waals surface area contributed by atoms with Crippen LogP contribution in [0.15, 0.2) is 27.6 Å². The Bertz CT molecular complexity index is 561. The Balaban J connectivity index is 3.00. The molecule has 0 amide bonds. The number of halogens is 1. The highest BCUT2D eigenvalue weighted by Crippen LogP contribution is 2.26. The molecule has 0 saturated carbocycles. The van der Waals surface area contributed by atoms with Crippen LogP contribution >= 0.6 is 15.9 Å². The summed E-state index contributed by atoms with van der Waals surface area (Å²) < 4.78 is 31.7. The number of hydrogen-bond acceptors (Lipinski definition) is 5. The van der Waals surface area contributed by atoms with Crippen molar-refractivity contribution < 1.29 is 18.1 Å². The van der Waals surface area contributed by atoms with Crippen LogP contribution in [0.2, 0.25) is 0 Å². The normalized spacial score (nSPS) is 11.5. The van der Waals surface area contributed by atoms with E-state index in [-0.39, 0.29) is 18.0 Å². The molecule has 19 heavy (non-hydrogen) atoms. The van der Waals surface area contributed by atoms with Gasteiger partial charge in [-0.3, -0.25) is 10.1 Å². The third-order valence-corrected chi connectivity index (χ3v) is 4.13. The number of nitro benzene ring substituents is 1. The second-order valence-electron chi connectivity index (χ2n) is 3.46. The van der Waals surface area contributed by atoms with Gasteiger partial charge in [-0.05, 0) is 19.1 Å². The van der Waals surface area contributed by atoms with Gasteiger partial charge in [-0.1, -0.05) is 15.9 Å². The number of sulfonamides is 1. The molecule has 0 aromatic heterocycles. The van der Waals surface area contributed by atoms with Crippen LogP contribution in [0.1, 0.15) is 6.92 Å². The Hall–Kier alpha value is -1.03. The zero-order valence-electron chi connectivity index (χ0n) is 10.1. The average Bonchev–Trinajstić information content (AvgIpc) is 2.34. The minimum absolute atomic E-state index is 0.0554. The van der Waals surface area contributed by atoms with Gasteiger partial charge in [0.2, 0.25) is 10.0 Å². The third-order valence-electron chi connectivity index (χ3n) is 2.15. The molecule has 106 valence electrons. The third kappa shape index (κ3) is 4.53. The molecule has 0 aliphatic rings. The van der Waals surface area contributed by atoms with Gasteiger partial charge in [0.05, 0.1) is 11.5 Å². The molecule has 1 N–H and O–H groups in total. The molecule has 9 heteroatoms. The first-order chi connectivity index (χ1) is 8.88. The molecule has 0 aliphatic carbocycles. The van der Waals surface area contributed by atoms with Crippen LogP contribution in [0.3, 0.4) is 0 Å². The predicted octanol–water partition coefficient (Wildman–Crippen LogP) is 1.67. The van der Waals surface area contributed by atoms with Crippen molar-refractivity contribution in [2.75, 3.05) is 19.8 Å². The molecule has 0 bridgehead atoms. The van der Waals surface area contributed by atoms with Gasteiger partial charge in [-0.15, -0.1) is 0 Å². The highest BCUT2D eigenvalue weighted by atomic mass is 79.9. The van der Waals surface area contributed by atoms with Gasteiger partial charge in [-0.25, -0.2) is 13.1 Å². The fourth-order valence-electron chi connectivity index (χ4n) is 1.32. The average molecular weight is 353 g/mol. The van der Waals surface area contributed by atoms with Crippen LogP contribution in [-0.2, 0) is 14.8 Å². The van der Waals surface area contributed by atoms with Crippen LogP contribution in [0.4, 0.5) is 5.69 Å². The van der Waals surface area contributed by atoms with E-state index >= 15 is 0 Å². The van der Waals surface area contributed by atoms with Crippen LogP contribution in [-0.4, -0.2) is 33.1 Å². The van der Waals surface area contributed by atoms with Crippen LogP contribution in [0.5, 0.6) is 0 Å². The molecular formula is C10H13BrN2O5S. The molecule has 0 radical (unpaired) electrons. The maximum Gasteiger partial charge on any atom is 0.289 e. The fourth-order valence-corrected chi connectivity index (χ4v) is 3.04. The lowest BCUT2D eigenvalue weighted by Gasteiger charge is -2.07. The summed E-state index contributed by atoms with van der Waals surface area (Å²) in [5.74, 6) is 0. The summed E-state index contributed by atoms with van der Waals surface area (Å²) in [5.41, 5.74) is -0.466. The standard InChI is InChI=1S/C10H13BrN2O5S/c1-2-18-6-5-12-19(16,17)10-7-8(11)3-4-9(10)13(14)15/h3-4,7,12H,2,5-6H2,1H3. The van der Waals surface area contributed by atoms with Gasteiger partial charge in [0.15, 0.2) is 4.90 Å². The van der Waals surface area contributed by atoms with E-state index in [9.17, 15) is 18.5 Å². The Kier molecular flexibility index (Phi) is 5.85. The monoisotopic (exact) mass is 352 g/mol. The van der Waals surface area contributed by atoms with Crippen molar-refractivity contribution in [3.05, 3.63) is 32.8 Å². The van der Waals surface area contributed by atoms with Gasteiger partial charge < -0.3 is 4.74 Å². The second-order valence-corrected chi connectivity index (χ2v) is 6.11. The van der Waals surface area contributed by atoms with E-state index in [4.69, 9.17) is 4.74 Å². The largest absolute Gasteiger partial charge is 0.380 e. The summed E-state index contributed by atoms with van der Waals surface area (Å²) in [6, 6.07) is 3.75. The number of benzene rings is 1. The van der Waals surface area contributed by atoms with Crippen LogP contribution in [0, 0.1) is 10.1 Å². The van der Waals surface area contributed by atoms with Crippen molar-refractivity contribution in [3.8, 4) is 0 Å². The summed E-state index contributed by atoms with van der Waals surface area (Å²) >= 11 is 3.09. The van der Waals surface area contributed by atoms with E-state index in [1.165, 1.54) is 12.1 Å². The molecule has 0 spiro atoms. The lowest BCUT2D eigenvalue weighted by molar-refractivity contribution is -0.387. The molecule has 1 aromatic carbocycles. The van der Waals surface area contributed by atoms with Crippen molar-refractivity contribution >= 4 is 31.6 Å². The zero-order chi connectivity index (χ0) is 14.5. The molecule has 1 aromatic rings. The number of nitro groups is 1. The summed E-state index contributed by atoms with van der Waals surface area (Å²) in [7, 11) is -3.94. The second kappa shape index (κ2) is 6.94. The Morgan fingerprint density at radius 1 is 1.47 bits per heavy atom. The molecule has 0 aliphatic heterocycles. The Labute approximate surface area is 119 Å². The first-order valence-electron chi connectivity index (χ1n) is 5.40. The van der Waals surface area contributed by atoms with Crippen LogP contribution < -0.4 is 4.72 Å². The van der Waals surface area contributed by atoms with Gasteiger partial charge >= 0.3 is 0 Å². The van der Waals surface area contributed by atoms with Crippen molar-refractivity contribution in [3.63, 3.8) is 0 Å². The Morgan fingerprint density at radius 3 is 2.74 bits per heavy atom. The first-order valence-corrected chi connectivity index (χ1v) is 7.67. The summed E-state index contributed by atoms with van der Waals surface area (Å²) in [4.78, 5) is 9.72. The van der Waals surface area contributed by atoms with E-state index in [0.717, 1.165) is 6.07 Å². The number of rotatable bonds is 7. The Morgan fingerprint density at radius 2 is 2.16 bits per heavy atom. The molecule has 0 fully saturated rings. The van der Waals surface area contributed by atoms with Crippen LogP contribution in [0.25, 0.3) is 0 Å². The molecular weight excluding hydrogens is 340 g/mol. The van der Waals surface area contributed by atoms with Crippen molar-refractivity contribution in [2.45, 2.75) is 11.8 Å². The van der Waals surface area contributed by atoms with E-state index in [2.05, 4.69) is 20.7 Å². The van der Waals surface area contributed by atoms with Gasteiger partial charge in [0.25, 0.3) is 5.69 Å². The molecule has 0 unspecified atom stereocenters. The fraction of sp³-hybridized carbons (Fsp3) is 0.400. The van der Waals surface area contributed by atoms with E-state index in [0.29, 0.717) is 11.1 Å². The number of hydrogen-bond donors (Lipinski definition) is 1. The van der Waals surface area contributed by atoms with Crippen molar-refractivity contribution in [1.82, 2.24) is 4.72 Å². The smallest absolute Gasteiger partial charge is 0.289 e. The lowest BCUT2D eigenvalue weighted by atomic mass is 10.3. The maximum absolute atomic E-state index is 12.0. The van der Waals surface area contributed by atoms with E-state index in [1.807, 2.05) is 0 Å². The summed E-state index contributed by atoms with van der Waals surface area (Å²) in [6.45, 7) is 2.52. The predicted molar refractivity (Wildman–Crippen MR) is 72.5 cm³/mol. The first kappa shape index (κ1) is 16.0. The highest BCUT2D eigenvalue weighted by molar-refractivity contribution is 9.10. The van der Waals surface area contributed by atoms with Gasteiger partial charge in [0.1, 0.15) is 0 Å². The molecule has 7 nitrogen and oxygen atoms in total. The van der Waals surface area contributed by atoms with E-state index in [1.54, 1.807) is 6.92 Å². The molecule has 1 rings (SSSR count). The van der Waals surface area contributed by atoms with Gasteiger partial charge in [-0.2, -0.15) is 0 Å². The molecule has 0 heterocycles. The number of nitrogens with zero attached hydrogens (tertiary/aromatic N) is 1. The zero-order valence-corrected chi connectivity index (χ0v) is 12.5. The van der Waals surface area contributed by atoms with E-state index < -0.39 is 20.6 Å². The topological polar surface area (TPSA) is 98.5 Å². The summed E-state index contributed by atoms with van der Waals surface area (Å²) in [6.07, 6.45) is 0. The SMILES string of the molecule is CCOCCNS(=O)(=O)c1cc(Br)ccc1[N+](=O)[O-]. The quantitative estimate of drug-likeness (QED) is 0.457. The van der Waals surface area contributed by atoms with Gasteiger partial charge in [0, 0.05) is 23.7 Å². The summed E-state index contributed by atoms with van der Waals surface area (Å²) in [5, 5.41) is 10.8. The van der Waals surface area contributed by atoms with Crippen molar-refractivity contribution in [2.24, 2.45) is 0 Å². The molecule has 0 saturated heterocycles. The minimum Gasteiger partial charge on any atom is -0.380 e.